The van der Waals surface area contributed by atoms with E-state index in [1.54, 1.807) is 6.92 Å². The lowest BCUT2D eigenvalue weighted by molar-refractivity contribution is -0.152. The Kier molecular flexibility index (Phi) is 5.01. The Morgan fingerprint density at radius 3 is 2.47 bits per heavy atom. The van der Waals surface area contributed by atoms with Gasteiger partial charge in [0.05, 0.1) is 0 Å². The van der Waals surface area contributed by atoms with Gasteiger partial charge in [-0.05, 0) is 92.2 Å². The number of allylic oxidation sites excluding steroid dienone is 4. The summed E-state index contributed by atoms with van der Waals surface area (Å²) in [6.45, 7) is 3.74. The predicted molar refractivity (Wildman–Crippen MR) is 127 cm³/mol. The maximum absolute atomic E-state index is 12.7. The Hall–Kier alpha value is -2.20. The number of fused-ring (bicyclic) bond motifs is 4. The molecule has 0 heterocycles. The van der Waals surface area contributed by atoms with Gasteiger partial charge in [0.1, 0.15) is 5.60 Å². The molecule has 0 amide bonds. The fourth-order valence-corrected chi connectivity index (χ4v) is 7.55. The summed E-state index contributed by atoms with van der Waals surface area (Å²) in [6.07, 6.45) is 7.53. The van der Waals surface area contributed by atoms with Gasteiger partial charge in [-0.15, -0.1) is 0 Å². The van der Waals surface area contributed by atoms with E-state index in [2.05, 4.69) is 36.1 Å². The van der Waals surface area contributed by atoms with E-state index in [1.807, 2.05) is 20.2 Å². The first-order chi connectivity index (χ1) is 15.2. The minimum Gasteiger partial charge on any atom is -0.382 e. The zero-order chi connectivity index (χ0) is 22.8. The van der Waals surface area contributed by atoms with Crippen LogP contribution in [0.2, 0.25) is 0 Å². The van der Waals surface area contributed by atoms with Crippen LogP contribution in [0.5, 0.6) is 0 Å². The average molecular weight is 434 g/mol. The van der Waals surface area contributed by atoms with Crippen LogP contribution in [0.15, 0.2) is 47.1 Å². The van der Waals surface area contributed by atoms with E-state index in [4.69, 9.17) is 0 Å². The second-order valence-corrected chi connectivity index (χ2v) is 10.9. The number of anilines is 1. The Balaban J connectivity index is 1.67. The SMILES string of the molecule is CC(=O)C1(O)CCC2C3CCC4=CC(=O)CCC4=C3C(c3ccc(N(C)C)cc3)C[C@@]21C. The first kappa shape index (κ1) is 21.6. The highest BCUT2D eigenvalue weighted by Crippen LogP contribution is 2.66. The summed E-state index contributed by atoms with van der Waals surface area (Å²) < 4.78 is 0. The summed E-state index contributed by atoms with van der Waals surface area (Å²) in [4.78, 5) is 27.0. The molecular weight excluding hydrogens is 398 g/mol. The summed E-state index contributed by atoms with van der Waals surface area (Å²) in [7, 11) is 4.09. The van der Waals surface area contributed by atoms with Gasteiger partial charge in [0.25, 0.3) is 0 Å². The summed E-state index contributed by atoms with van der Waals surface area (Å²) in [5.41, 5.74) is 4.91. The number of rotatable bonds is 3. The molecule has 4 unspecified atom stereocenters. The second kappa shape index (κ2) is 7.41. The molecule has 170 valence electrons. The van der Waals surface area contributed by atoms with Crippen LogP contribution < -0.4 is 4.90 Å². The van der Waals surface area contributed by atoms with E-state index in [1.165, 1.54) is 22.3 Å². The van der Waals surface area contributed by atoms with E-state index in [0.29, 0.717) is 24.7 Å². The number of carbonyl (C=O) groups is 2. The van der Waals surface area contributed by atoms with Crippen LogP contribution in [0.25, 0.3) is 0 Å². The number of nitrogens with zero attached hydrogens (tertiary/aromatic N) is 1. The monoisotopic (exact) mass is 433 g/mol. The van der Waals surface area contributed by atoms with Crippen molar-refractivity contribution in [3.63, 3.8) is 0 Å². The van der Waals surface area contributed by atoms with Crippen molar-refractivity contribution in [2.75, 3.05) is 19.0 Å². The lowest BCUT2D eigenvalue weighted by atomic mass is 9.51. The van der Waals surface area contributed by atoms with Crippen LogP contribution in [0.4, 0.5) is 5.69 Å². The van der Waals surface area contributed by atoms with Crippen molar-refractivity contribution in [3.8, 4) is 0 Å². The zero-order valence-corrected chi connectivity index (χ0v) is 19.8. The number of Topliss-reactive ketones (excluding diaryl/α,β-unsaturated/α-hetero) is 1. The largest absolute Gasteiger partial charge is 0.382 e. The molecule has 2 fully saturated rings. The van der Waals surface area contributed by atoms with Gasteiger partial charge in [-0.1, -0.05) is 24.6 Å². The molecule has 4 nitrogen and oxygen atoms in total. The Morgan fingerprint density at radius 1 is 1.09 bits per heavy atom. The van der Waals surface area contributed by atoms with Crippen LogP contribution in [0, 0.1) is 17.3 Å². The third-order valence-corrected chi connectivity index (χ3v) is 9.28. The standard InChI is InChI=1S/C28H35NO3/c1-17(30)28(32)14-13-25-23-11-7-19-15-21(31)10-12-22(19)26(23)24(16-27(25,28)2)18-5-8-20(9-6-18)29(3)4/h5-6,8-9,15,23-25,32H,7,10-14,16H2,1-4H3/t23?,24?,25?,27-,28?/m0/s1. The van der Waals surface area contributed by atoms with Gasteiger partial charge in [0, 0.05) is 37.5 Å². The van der Waals surface area contributed by atoms with E-state index in [0.717, 1.165) is 37.8 Å². The molecule has 0 bridgehead atoms. The number of ketones is 2. The predicted octanol–water partition coefficient (Wildman–Crippen LogP) is 4.97. The van der Waals surface area contributed by atoms with Crippen molar-refractivity contribution in [1.82, 2.24) is 0 Å². The zero-order valence-electron chi connectivity index (χ0n) is 19.8. The molecule has 5 atom stereocenters. The fourth-order valence-electron chi connectivity index (χ4n) is 7.55. The summed E-state index contributed by atoms with van der Waals surface area (Å²) in [5.74, 6) is 1.03. The number of hydrogen-bond donors (Lipinski definition) is 1. The minimum atomic E-state index is -1.24. The molecule has 4 aliphatic carbocycles. The van der Waals surface area contributed by atoms with Crippen molar-refractivity contribution >= 4 is 17.3 Å². The van der Waals surface area contributed by atoms with Crippen LogP contribution in [0.3, 0.4) is 0 Å². The molecular formula is C28H35NO3. The number of aliphatic hydroxyl groups is 1. The van der Waals surface area contributed by atoms with E-state index in [9.17, 15) is 14.7 Å². The molecule has 0 spiro atoms. The molecule has 1 aromatic carbocycles. The van der Waals surface area contributed by atoms with Gasteiger partial charge >= 0.3 is 0 Å². The van der Waals surface area contributed by atoms with Gasteiger partial charge in [-0.3, -0.25) is 9.59 Å². The number of benzene rings is 1. The first-order valence-electron chi connectivity index (χ1n) is 12.1. The van der Waals surface area contributed by atoms with Gasteiger partial charge in [0.15, 0.2) is 11.6 Å². The summed E-state index contributed by atoms with van der Waals surface area (Å²) >= 11 is 0. The minimum absolute atomic E-state index is 0.0834. The maximum atomic E-state index is 12.7. The van der Waals surface area contributed by atoms with Crippen molar-refractivity contribution in [1.29, 1.82) is 0 Å². The van der Waals surface area contributed by atoms with Crippen LogP contribution in [0.1, 0.15) is 70.3 Å². The van der Waals surface area contributed by atoms with E-state index in [-0.39, 0.29) is 17.5 Å². The fraction of sp³-hybridized carbons (Fsp3) is 0.571. The topological polar surface area (TPSA) is 57.6 Å². The van der Waals surface area contributed by atoms with Crippen molar-refractivity contribution in [3.05, 3.63) is 52.6 Å². The summed E-state index contributed by atoms with van der Waals surface area (Å²) in [6, 6.07) is 8.78. The molecule has 4 aliphatic rings. The Morgan fingerprint density at radius 2 is 1.81 bits per heavy atom. The average Bonchev–Trinajstić information content (AvgIpc) is 3.04. The van der Waals surface area contributed by atoms with Crippen molar-refractivity contribution in [2.45, 2.75) is 70.3 Å². The first-order valence-corrected chi connectivity index (χ1v) is 12.1. The van der Waals surface area contributed by atoms with Gasteiger partial charge in [0.2, 0.25) is 0 Å². The summed E-state index contributed by atoms with van der Waals surface area (Å²) in [5, 5.41) is 11.6. The smallest absolute Gasteiger partial charge is 0.161 e. The second-order valence-electron chi connectivity index (χ2n) is 10.9. The highest BCUT2D eigenvalue weighted by Gasteiger charge is 2.64. The highest BCUT2D eigenvalue weighted by molar-refractivity contribution is 5.93. The maximum Gasteiger partial charge on any atom is 0.161 e. The quantitative estimate of drug-likeness (QED) is 0.731. The lowest BCUT2D eigenvalue weighted by Crippen LogP contribution is -2.55. The number of hydrogen-bond acceptors (Lipinski definition) is 4. The van der Waals surface area contributed by atoms with Gasteiger partial charge < -0.3 is 10.0 Å². The molecule has 1 N–H and O–H groups in total. The molecule has 0 aliphatic heterocycles. The van der Waals surface area contributed by atoms with Gasteiger partial charge in [-0.25, -0.2) is 0 Å². The van der Waals surface area contributed by atoms with E-state index < -0.39 is 11.0 Å². The van der Waals surface area contributed by atoms with Crippen molar-refractivity contribution in [2.24, 2.45) is 17.3 Å². The molecule has 0 saturated heterocycles. The molecule has 0 aromatic heterocycles. The Bertz CT molecular complexity index is 1030. The van der Waals surface area contributed by atoms with E-state index >= 15 is 0 Å². The lowest BCUT2D eigenvalue weighted by Gasteiger charge is -2.54. The molecule has 0 radical (unpaired) electrons. The van der Waals surface area contributed by atoms with Gasteiger partial charge in [-0.2, -0.15) is 0 Å². The molecule has 5 rings (SSSR count). The molecule has 2 saturated carbocycles. The van der Waals surface area contributed by atoms with Crippen LogP contribution in [-0.2, 0) is 9.59 Å². The van der Waals surface area contributed by atoms with Crippen molar-refractivity contribution < 1.29 is 14.7 Å². The van der Waals surface area contributed by atoms with Crippen LogP contribution >= 0.6 is 0 Å². The normalized spacial score (nSPS) is 36.2. The Labute approximate surface area is 191 Å². The third-order valence-electron chi connectivity index (χ3n) is 9.28. The molecule has 1 aromatic rings. The third kappa shape index (κ3) is 2.98. The molecule has 4 heteroatoms. The number of carbonyl (C=O) groups excluding carboxylic acids is 2. The molecule has 32 heavy (non-hydrogen) atoms. The highest BCUT2D eigenvalue weighted by atomic mass is 16.3. The van der Waals surface area contributed by atoms with Crippen LogP contribution in [-0.4, -0.2) is 36.4 Å².